The second-order valence-corrected chi connectivity index (χ2v) is 8.11. The fourth-order valence-corrected chi connectivity index (χ4v) is 4.16. The summed E-state index contributed by atoms with van der Waals surface area (Å²) in [7, 11) is -2.88. The molecule has 1 fully saturated rings. The first kappa shape index (κ1) is 14.0. The van der Waals surface area contributed by atoms with Crippen LogP contribution in [0.2, 0.25) is 0 Å². The number of piperidine rings is 1. The van der Waals surface area contributed by atoms with Crippen molar-refractivity contribution in [2.75, 3.05) is 25.1 Å². The van der Waals surface area contributed by atoms with Crippen LogP contribution in [-0.2, 0) is 16.3 Å². The fourth-order valence-electron chi connectivity index (χ4n) is 2.52. The third-order valence-corrected chi connectivity index (χ3v) is 5.17. The van der Waals surface area contributed by atoms with E-state index in [1.165, 1.54) is 29.1 Å². The van der Waals surface area contributed by atoms with Gasteiger partial charge in [-0.05, 0) is 43.4 Å². The van der Waals surface area contributed by atoms with Crippen molar-refractivity contribution in [3.63, 3.8) is 0 Å². The van der Waals surface area contributed by atoms with Crippen molar-refractivity contribution in [2.24, 2.45) is 0 Å². The summed E-state index contributed by atoms with van der Waals surface area (Å²) < 4.78 is 27.0. The van der Waals surface area contributed by atoms with Gasteiger partial charge in [0.05, 0.1) is 5.75 Å². The molecule has 0 spiro atoms. The van der Waals surface area contributed by atoms with Gasteiger partial charge < -0.3 is 0 Å². The van der Waals surface area contributed by atoms with Crippen molar-refractivity contribution in [1.82, 2.24) is 9.27 Å². The van der Waals surface area contributed by atoms with E-state index in [4.69, 9.17) is 0 Å². The van der Waals surface area contributed by atoms with E-state index in [-0.39, 0.29) is 6.04 Å². The summed E-state index contributed by atoms with van der Waals surface area (Å²) in [5, 5.41) is 0. The average Bonchev–Trinajstić information content (AvgIpc) is 2.79. The minimum atomic E-state index is -2.88. The smallest absolute Gasteiger partial charge is 0.148 e. The molecule has 0 bridgehead atoms. The van der Waals surface area contributed by atoms with Gasteiger partial charge in [-0.15, -0.1) is 0 Å². The predicted molar refractivity (Wildman–Crippen MR) is 74.7 cm³/mol. The molecule has 6 heteroatoms. The second-order valence-electron chi connectivity index (χ2n) is 5.01. The third kappa shape index (κ3) is 4.33. The van der Waals surface area contributed by atoms with Crippen LogP contribution < -0.4 is 0 Å². The van der Waals surface area contributed by atoms with Crippen LogP contribution in [0.3, 0.4) is 0 Å². The highest BCUT2D eigenvalue weighted by molar-refractivity contribution is 7.90. The lowest BCUT2D eigenvalue weighted by molar-refractivity contribution is 0.165. The van der Waals surface area contributed by atoms with E-state index >= 15 is 0 Å². The molecule has 4 nitrogen and oxygen atoms in total. The van der Waals surface area contributed by atoms with E-state index in [1.54, 1.807) is 0 Å². The molecular formula is C12H20N2O2S2. The SMILES string of the molecule is CS(=O)(=O)CC1CCCCN1CCc1ccns1. The van der Waals surface area contributed by atoms with Gasteiger partial charge >= 0.3 is 0 Å². The maximum Gasteiger partial charge on any atom is 0.148 e. The Kier molecular flexibility index (Phi) is 4.75. The molecule has 1 unspecified atom stereocenters. The highest BCUT2D eigenvalue weighted by atomic mass is 32.2. The van der Waals surface area contributed by atoms with Crippen LogP contribution in [0.15, 0.2) is 12.3 Å². The van der Waals surface area contributed by atoms with E-state index in [1.807, 2.05) is 12.3 Å². The van der Waals surface area contributed by atoms with Crippen molar-refractivity contribution >= 4 is 21.4 Å². The maximum absolute atomic E-state index is 11.4. The van der Waals surface area contributed by atoms with Gasteiger partial charge in [0.15, 0.2) is 0 Å². The van der Waals surface area contributed by atoms with E-state index in [0.717, 1.165) is 32.4 Å². The van der Waals surface area contributed by atoms with Crippen LogP contribution in [0.4, 0.5) is 0 Å². The maximum atomic E-state index is 11.4. The molecule has 1 aliphatic heterocycles. The summed E-state index contributed by atoms with van der Waals surface area (Å²) in [6.45, 7) is 1.97. The summed E-state index contributed by atoms with van der Waals surface area (Å²) in [5.41, 5.74) is 0. The molecule has 1 saturated heterocycles. The van der Waals surface area contributed by atoms with Crippen LogP contribution in [-0.4, -0.2) is 48.8 Å². The molecule has 1 atom stereocenters. The Morgan fingerprint density at radius 1 is 1.50 bits per heavy atom. The van der Waals surface area contributed by atoms with E-state index in [9.17, 15) is 8.42 Å². The van der Waals surface area contributed by atoms with Crippen LogP contribution in [0, 0.1) is 0 Å². The Labute approximate surface area is 113 Å². The van der Waals surface area contributed by atoms with E-state index < -0.39 is 9.84 Å². The number of hydrogen-bond acceptors (Lipinski definition) is 5. The standard InChI is InChI=1S/C12H20N2O2S2/c1-18(15,16)10-11-4-2-3-8-14(11)9-6-12-5-7-13-17-12/h5,7,11H,2-4,6,8-10H2,1H3. The number of hydrogen-bond donors (Lipinski definition) is 0. The van der Waals surface area contributed by atoms with Crippen LogP contribution in [0.1, 0.15) is 24.1 Å². The summed E-state index contributed by atoms with van der Waals surface area (Å²) in [5.74, 6) is 0.301. The molecule has 2 heterocycles. The lowest BCUT2D eigenvalue weighted by atomic mass is 10.0. The molecule has 0 saturated carbocycles. The van der Waals surface area contributed by atoms with Gasteiger partial charge in [0.1, 0.15) is 9.84 Å². The number of sulfone groups is 1. The van der Waals surface area contributed by atoms with Gasteiger partial charge in [0.2, 0.25) is 0 Å². The molecule has 1 aromatic heterocycles. The quantitative estimate of drug-likeness (QED) is 0.825. The number of likely N-dealkylation sites (tertiary alicyclic amines) is 1. The van der Waals surface area contributed by atoms with Crippen molar-refractivity contribution in [2.45, 2.75) is 31.7 Å². The molecular weight excluding hydrogens is 268 g/mol. The van der Waals surface area contributed by atoms with Gasteiger partial charge in [0.25, 0.3) is 0 Å². The van der Waals surface area contributed by atoms with Crippen molar-refractivity contribution < 1.29 is 8.42 Å². The van der Waals surface area contributed by atoms with Gasteiger partial charge in [-0.1, -0.05) is 6.42 Å². The van der Waals surface area contributed by atoms with Gasteiger partial charge in [0, 0.05) is 29.9 Å². The zero-order valence-electron chi connectivity index (χ0n) is 10.7. The molecule has 0 radical (unpaired) electrons. The number of aromatic nitrogens is 1. The first-order valence-electron chi connectivity index (χ1n) is 6.36. The number of rotatable bonds is 5. The zero-order chi connectivity index (χ0) is 13.0. The molecule has 1 aliphatic rings. The van der Waals surface area contributed by atoms with Crippen molar-refractivity contribution in [3.05, 3.63) is 17.1 Å². The van der Waals surface area contributed by atoms with Crippen LogP contribution in [0.25, 0.3) is 0 Å². The number of nitrogens with zero attached hydrogens (tertiary/aromatic N) is 2. The normalized spacial score (nSPS) is 22.2. The van der Waals surface area contributed by atoms with Gasteiger partial charge in [-0.2, -0.15) is 0 Å². The first-order chi connectivity index (χ1) is 8.54. The molecule has 0 N–H and O–H groups in total. The molecule has 0 aliphatic carbocycles. The van der Waals surface area contributed by atoms with Gasteiger partial charge in [-0.3, -0.25) is 4.90 Å². The fraction of sp³-hybridized carbons (Fsp3) is 0.750. The Bertz CT molecular complexity index is 456. The molecule has 2 rings (SSSR count). The predicted octanol–water partition coefficient (Wildman–Crippen LogP) is 1.58. The Morgan fingerprint density at radius 3 is 3.00 bits per heavy atom. The largest absolute Gasteiger partial charge is 0.299 e. The second kappa shape index (κ2) is 6.12. The Morgan fingerprint density at radius 2 is 2.33 bits per heavy atom. The monoisotopic (exact) mass is 288 g/mol. The highest BCUT2D eigenvalue weighted by Gasteiger charge is 2.25. The third-order valence-electron chi connectivity index (χ3n) is 3.38. The van der Waals surface area contributed by atoms with E-state index in [2.05, 4.69) is 9.27 Å². The lowest BCUT2D eigenvalue weighted by Gasteiger charge is -2.35. The highest BCUT2D eigenvalue weighted by Crippen LogP contribution is 2.19. The summed E-state index contributed by atoms with van der Waals surface area (Å²) in [4.78, 5) is 3.61. The average molecular weight is 288 g/mol. The molecule has 102 valence electrons. The minimum Gasteiger partial charge on any atom is -0.299 e. The summed E-state index contributed by atoms with van der Waals surface area (Å²) in [6.07, 6.45) is 7.48. The molecule has 1 aromatic rings. The summed E-state index contributed by atoms with van der Waals surface area (Å²) >= 11 is 1.53. The zero-order valence-corrected chi connectivity index (χ0v) is 12.3. The van der Waals surface area contributed by atoms with Crippen LogP contribution in [0.5, 0.6) is 0 Å². The van der Waals surface area contributed by atoms with E-state index in [0.29, 0.717) is 5.75 Å². The molecule has 18 heavy (non-hydrogen) atoms. The lowest BCUT2D eigenvalue weighted by Crippen LogP contribution is -2.44. The van der Waals surface area contributed by atoms with Crippen molar-refractivity contribution in [3.8, 4) is 0 Å². The first-order valence-corrected chi connectivity index (χ1v) is 9.19. The van der Waals surface area contributed by atoms with Crippen molar-refractivity contribution in [1.29, 1.82) is 0 Å². The Hall–Kier alpha value is -0.460. The summed E-state index contributed by atoms with van der Waals surface area (Å²) in [6, 6.07) is 2.25. The van der Waals surface area contributed by atoms with Gasteiger partial charge in [-0.25, -0.2) is 12.8 Å². The molecule has 0 aromatic carbocycles. The Balaban J connectivity index is 1.91. The topological polar surface area (TPSA) is 50.3 Å². The minimum absolute atomic E-state index is 0.210. The molecule has 0 amide bonds. The van der Waals surface area contributed by atoms with Crippen LogP contribution >= 0.6 is 11.5 Å².